The average Bonchev–Trinajstić information content (AvgIpc) is 3.15. The summed E-state index contributed by atoms with van der Waals surface area (Å²) in [6.45, 7) is 0. The second kappa shape index (κ2) is 7.87. The van der Waals surface area contributed by atoms with E-state index >= 15 is 0 Å². The minimum absolute atomic E-state index is 0.141. The van der Waals surface area contributed by atoms with Gasteiger partial charge in [-0.05, 0) is 12.1 Å². The van der Waals surface area contributed by atoms with Gasteiger partial charge in [-0.3, -0.25) is 25.4 Å². The number of hydrogen-bond acceptors (Lipinski definition) is 5. The van der Waals surface area contributed by atoms with Gasteiger partial charge in [0.05, 0.1) is 11.8 Å². The highest BCUT2D eigenvalue weighted by Gasteiger charge is 2.10. The molecule has 0 bridgehead atoms. The molecule has 2 N–H and O–H groups in total. The van der Waals surface area contributed by atoms with E-state index in [0.29, 0.717) is 23.6 Å². The molecule has 0 atom stereocenters. The second-order valence-electron chi connectivity index (χ2n) is 5.23. The number of hydrazine groups is 1. The first-order valence-corrected chi connectivity index (χ1v) is 7.72. The van der Waals surface area contributed by atoms with E-state index < -0.39 is 5.91 Å². The first-order valence-electron chi connectivity index (χ1n) is 7.72. The molecule has 0 radical (unpaired) electrons. The topological polar surface area (TPSA) is 97.1 Å². The van der Waals surface area contributed by atoms with Gasteiger partial charge in [0, 0.05) is 30.8 Å². The lowest BCUT2D eigenvalue weighted by Crippen LogP contribution is -2.41. The fourth-order valence-electron chi connectivity index (χ4n) is 2.14. The zero-order chi connectivity index (χ0) is 17.5. The molecular formula is C18H16N4O3. The third kappa shape index (κ3) is 4.51. The fourth-order valence-corrected chi connectivity index (χ4v) is 2.14. The quantitative estimate of drug-likeness (QED) is 0.696. The Kier molecular flexibility index (Phi) is 5.16. The summed E-state index contributed by atoms with van der Waals surface area (Å²) in [4.78, 5) is 31.6. The maximum atomic E-state index is 11.8. The van der Waals surface area contributed by atoms with Crippen molar-refractivity contribution in [1.82, 2.24) is 20.8 Å². The van der Waals surface area contributed by atoms with Crippen molar-refractivity contribution in [2.75, 3.05) is 0 Å². The summed E-state index contributed by atoms with van der Waals surface area (Å²) in [5.74, 6) is 0.356. The maximum Gasteiger partial charge on any atom is 0.271 e. The number of pyridine rings is 1. The average molecular weight is 336 g/mol. The molecule has 7 heteroatoms. The van der Waals surface area contributed by atoms with Crippen LogP contribution >= 0.6 is 0 Å². The number of carbonyl (C=O) groups excluding carboxylic acids is 2. The van der Waals surface area contributed by atoms with Crippen molar-refractivity contribution in [2.24, 2.45) is 0 Å². The predicted molar refractivity (Wildman–Crippen MR) is 90.1 cm³/mol. The normalized spacial score (nSPS) is 10.2. The van der Waals surface area contributed by atoms with Crippen LogP contribution in [-0.2, 0) is 11.2 Å². The molecule has 0 aliphatic rings. The third-order valence-corrected chi connectivity index (χ3v) is 3.42. The Morgan fingerprint density at radius 2 is 1.84 bits per heavy atom. The first kappa shape index (κ1) is 16.4. The Morgan fingerprint density at radius 1 is 1.00 bits per heavy atom. The molecule has 7 nitrogen and oxygen atoms in total. The summed E-state index contributed by atoms with van der Waals surface area (Å²) in [5, 5.41) is 0. The summed E-state index contributed by atoms with van der Waals surface area (Å²) in [5.41, 5.74) is 5.98. The molecule has 2 aromatic heterocycles. The van der Waals surface area contributed by atoms with E-state index in [2.05, 4.69) is 20.8 Å². The highest BCUT2D eigenvalue weighted by molar-refractivity contribution is 5.95. The van der Waals surface area contributed by atoms with E-state index in [0.717, 1.165) is 5.56 Å². The highest BCUT2D eigenvalue weighted by atomic mass is 16.4. The van der Waals surface area contributed by atoms with Crippen molar-refractivity contribution in [3.05, 3.63) is 72.5 Å². The lowest BCUT2D eigenvalue weighted by atomic mass is 10.2. The number of nitrogens with one attached hydrogen (secondary N) is 2. The van der Waals surface area contributed by atoms with Crippen LogP contribution in [0.3, 0.4) is 0 Å². The van der Waals surface area contributed by atoms with Crippen molar-refractivity contribution in [3.63, 3.8) is 0 Å². The van der Waals surface area contributed by atoms with Gasteiger partial charge in [-0.1, -0.05) is 30.3 Å². The van der Waals surface area contributed by atoms with Gasteiger partial charge in [0.15, 0.2) is 11.7 Å². The first-order chi connectivity index (χ1) is 12.2. The Hall–Kier alpha value is -3.48. The molecule has 0 fully saturated rings. The number of nitrogens with zero attached hydrogens (tertiary/aromatic N) is 2. The minimum Gasteiger partial charge on any atom is -0.441 e. The molecule has 0 spiro atoms. The van der Waals surface area contributed by atoms with E-state index in [9.17, 15) is 9.59 Å². The van der Waals surface area contributed by atoms with E-state index in [4.69, 9.17) is 4.42 Å². The molecule has 2 heterocycles. The molecule has 0 saturated heterocycles. The summed E-state index contributed by atoms with van der Waals surface area (Å²) in [7, 11) is 0. The number of benzene rings is 1. The number of hydrogen-bond donors (Lipinski definition) is 2. The molecule has 1 aromatic carbocycles. The monoisotopic (exact) mass is 336 g/mol. The highest BCUT2D eigenvalue weighted by Crippen LogP contribution is 2.20. The van der Waals surface area contributed by atoms with Crippen molar-refractivity contribution >= 4 is 11.8 Å². The summed E-state index contributed by atoms with van der Waals surface area (Å²) in [6.07, 6.45) is 5.09. The van der Waals surface area contributed by atoms with E-state index in [1.807, 2.05) is 30.3 Å². The fraction of sp³-hybridized carbons (Fsp3) is 0.111. The maximum absolute atomic E-state index is 11.8. The third-order valence-electron chi connectivity index (χ3n) is 3.42. The Morgan fingerprint density at radius 3 is 2.60 bits per heavy atom. The van der Waals surface area contributed by atoms with Crippen LogP contribution in [-0.4, -0.2) is 21.8 Å². The van der Waals surface area contributed by atoms with Crippen molar-refractivity contribution in [3.8, 4) is 11.3 Å². The molecule has 0 unspecified atom stereocenters. The number of aryl methyl sites for hydroxylation is 1. The van der Waals surface area contributed by atoms with Crippen LogP contribution in [0.5, 0.6) is 0 Å². The molecule has 0 aliphatic heterocycles. The largest absolute Gasteiger partial charge is 0.441 e. The zero-order valence-electron chi connectivity index (χ0n) is 13.3. The van der Waals surface area contributed by atoms with Crippen LogP contribution in [0.1, 0.15) is 22.7 Å². The number of amides is 2. The molecule has 0 saturated carbocycles. The lowest BCUT2D eigenvalue weighted by molar-refractivity contribution is -0.121. The molecule has 0 aliphatic carbocycles. The minimum atomic E-state index is -0.427. The van der Waals surface area contributed by atoms with Crippen LogP contribution in [0.15, 0.2) is 65.5 Å². The van der Waals surface area contributed by atoms with Crippen LogP contribution in [0.2, 0.25) is 0 Å². The second-order valence-corrected chi connectivity index (χ2v) is 5.23. The Bertz CT molecular complexity index is 847. The Balaban J connectivity index is 1.47. The van der Waals surface area contributed by atoms with Gasteiger partial charge in [-0.2, -0.15) is 0 Å². The van der Waals surface area contributed by atoms with Crippen LogP contribution in [0.25, 0.3) is 11.3 Å². The summed E-state index contributed by atoms with van der Waals surface area (Å²) >= 11 is 0. The summed E-state index contributed by atoms with van der Waals surface area (Å²) < 4.78 is 5.63. The predicted octanol–water partition coefficient (Wildman–Crippen LogP) is 2.13. The van der Waals surface area contributed by atoms with Gasteiger partial charge in [-0.25, -0.2) is 4.98 Å². The van der Waals surface area contributed by atoms with Gasteiger partial charge in [0.2, 0.25) is 5.91 Å². The van der Waals surface area contributed by atoms with Crippen molar-refractivity contribution in [2.45, 2.75) is 12.8 Å². The van der Waals surface area contributed by atoms with Gasteiger partial charge >= 0.3 is 0 Å². The van der Waals surface area contributed by atoms with Gasteiger partial charge in [0.25, 0.3) is 5.91 Å². The number of carbonyl (C=O) groups is 2. The van der Waals surface area contributed by atoms with Gasteiger partial charge in [-0.15, -0.1) is 0 Å². The van der Waals surface area contributed by atoms with Crippen molar-refractivity contribution in [1.29, 1.82) is 0 Å². The number of aromatic nitrogens is 2. The lowest BCUT2D eigenvalue weighted by Gasteiger charge is -2.06. The smallest absolute Gasteiger partial charge is 0.271 e. The molecule has 2 amide bonds. The summed E-state index contributed by atoms with van der Waals surface area (Å²) in [6, 6.07) is 12.8. The van der Waals surface area contributed by atoms with Gasteiger partial charge in [0.1, 0.15) is 0 Å². The van der Waals surface area contributed by atoms with Crippen molar-refractivity contribution < 1.29 is 14.0 Å². The van der Waals surface area contributed by atoms with E-state index in [-0.39, 0.29) is 12.3 Å². The SMILES string of the molecule is O=C(CCc1ncc(-c2ccccc2)o1)NNC(=O)c1cccnc1. The van der Waals surface area contributed by atoms with Crippen LogP contribution in [0, 0.1) is 0 Å². The standard InChI is InChI=1S/C18H16N4O3/c23-16(21-22-18(24)14-7-4-10-19-11-14)8-9-17-20-12-15(25-17)13-5-2-1-3-6-13/h1-7,10-12H,8-9H2,(H,21,23)(H,22,24). The molecule has 3 aromatic rings. The molecule has 25 heavy (non-hydrogen) atoms. The molecule has 126 valence electrons. The van der Waals surface area contributed by atoms with Crippen LogP contribution < -0.4 is 10.9 Å². The van der Waals surface area contributed by atoms with Crippen LogP contribution in [0.4, 0.5) is 0 Å². The molecule has 3 rings (SSSR count). The Labute approximate surface area is 144 Å². The van der Waals surface area contributed by atoms with E-state index in [1.54, 1.807) is 24.5 Å². The molecular weight excluding hydrogens is 320 g/mol. The number of rotatable bonds is 5. The zero-order valence-corrected chi connectivity index (χ0v) is 13.3. The van der Waals surface area contributed by atoms with E-state index in [1.165, 1.54) is 6.20 Å². The number of oxazole rings is 1. The van der Waals surface area contributed by atoms with Gasteiger partial charge < -0.3 is 4.42 Å².